The van der Waals surface area contributed by atoms with Gasteiger partial charge in [0.1, 0.15) is 41.9 Å². The SMILES string of the molecule is CSSCOC1[C@H](n2cc(C#CCNC(=O)OCCCCOCSSC(C)(C)CCOC(=O)NCCOCCOCCN)c3c(N)ncnc32)CO[C@@H]1COP(=O)(O)O[PH](=O)O. The number of nitrogen functional groups attached to an aromatic ring is 1. The number of phosphoric ester groups is 1. The third-order valence-electron chi connectivity index (χ3n) is 8.21. The molecule has 1 fully saturated rings. The number of carbonyl (C=O) groups is 2. The van der Waals surface area contributed by atoms with E-state index >= 15 is 0 Å². The van der Waals surface area contributed by atoms with Crippen LogP contribution in [0.5, 0.6) is 0 Å². The fraction of sp³-hybridized carbons (Fsp3) is 0.706. The third kappa shape index (κ3) is 21.3. The quantitative estimate of drug-likeness (QED) is 0.0205. The number of phosphoric acid groups is 1. The molecular formula is C34H57N7O15P2S4. The van der Waals surface area contributed by atoms with Gasteiger partial charge in [-0.25, -0.2) is 28.4 Å². The Balaban J connectivity index is 1.34. The van der Waals surface area contributed by atoms with Gasteiger partial charge in [-0.3, -0.25) is 9.09 Å². The molecule has 1 aliphatic rings. The van der Waals surface area contributed by atoms with E-state index in [-0.39, 0.29) is 42.9 Å². The minimum Gasteiger partial charge on any atom is -0.450 e. The van der Waals surface area contributed by atoms with Crippen LogP contribution in [0.4, 0.5) is 15.4 Å². The average molecular weight is 994 g/mol. The number of hydrogen-bond donors (Lipinski definition) is 6. The number of unbranched alkanes of at least 4 members (excludes halogenated alkanes) is 1. The second kappa shape index (κ2) is 30.2. The van der Waals surface area contributed by atoms with E-state index in [0.717, 1.165) is 0 Å². The zero-order valence-corrected chi connectivity index (χ0v) is 39.8. The van der Waals surface area contributed by atoms with Crippen LogP contribution in [0.2, 0.25) is 0 Å². The molecule has 8 N–H and O–H groups in total. The second-order valence-corrected chi connectivity index (χ2v) is 21.2. The summed E-state index contributed by atoms with van der Waals surface area (Å²) in [7, 11) is -2.45. The van der Waals surface area contributed by atoms with Crippen LogP contribution in [0.25, 0.3) is 11.0 Å². The number of nitrogens with one attached hydrogen (secondary N) is 2. The van der Waals surface area contributed by atoms with Gasteiger partial charge in [0, 0.05) is 30.6 Å². The molecular weight excluding hydrogens is 937 g/mol. The number of nitrogens with two attached hydrogens (primary N) is 2. The first-order valence-electron chi connectivity index (χ1n) is 19.2. The van der Waals surface area contributed by atoms with Crippen LogP contribution in [-0.4, -0.2) is 151 Å². The Kier molecular flexibility index (Phi) is 26.5. The molecule has 1 aliphatic heterocycles. The number of anilines is 1. The predicted octanol–water partition coefficient (Wildman–Crippen LogP) is 3.92. The maximum Gasteiger partial charge on any atom is 0.479 e. The Morgan fingerprint density at radius 3 is 2.55 bits per heavy atom. The van der Waals surface area contributed by atoms with E-state index in [1.54, 1.807) is 32.4 Å². The van der Waals surface area contributed by atoms with E-state index < -0.39 is 53.1 Å². The molecule has 22 nitrogen and oxygen atoms in total. The van der Waals surface area contributed by atoms with E-state index in [2.05, 4.69) is 50.6 Å². The Morgan fingerprint density at radius 2 is 1.79 bits per heavy atom. The smallest absolute Gasteiger partial charge is 0.450 e. The first kappa shape index (κ1) is 54.3. The molecule has 0 bridgehead atoms. The van der Waals surface area contributed by atoms with Gasteiger partial charge >= 0.3 is 28.3 Å². The minimum atomic E-state index is -4.83. The predicted molar refractivity (Wildman–Crippen MR) is 240 cm³/mol. The summed E-state index contributed by atoms with van der Waals surface area (Å²) in [5.41, 5.74) is 12.5. The van der Waals surface area contributed by atoms with Gasteiger partial charge in [0.25, 0.3) is 0 Å². The number of hydrogen-bond acceptors (Lipinski definition) is 21. The fourth-order valence-corrected chi connectivity index (χ4v) is 9.71. The van der Waals surface area contributed by atoms with Gasteiger partial charge in [0.05, 0.1) is 76.4 Å². The highest BCUT2D eigenvalue weighted by Gasteiger charge is 2.42. The van der Waals surface area contributed by atoms with E-state index in [0.29, 0.717) is 87.9 Å². The standard InChI is InChI=1S/C34H57N7O15P2S4/c1-34(2,8-14-52-33(43)38-11-16-49-18-17-48-15-9-35)62-61-23-50-12-4-5-13-51-32(42)37-10-6-7-25-19-41(31-28(25)30(36)39-22-40-31)26-20-53-27(29(26)54-24-60-59-3)21-55-58(46,47)56-57(44)45/h19,22,26-27,29,57H,4-5,8-18,20-21,23-24,35H2,1-3H3,(H,37,42)(H,38,43)(H,44,45)(H,46,47)(H2,36,39,40)/t26-,27-,29?/m1/s1. The van der Waals surface area contributed by atoms with Gasteiger partial charge in [-0.15, -0.1) is 0 Å². The van der Waals surface area contributed by atoms with E-state index in [9.17, 15) is 23.6 Å². The molecule has 0 radical (unpaired) electrons. The van der Waals surface area contributed by atoms with Gasteiger partial charge in [-0.1, -0.05) is 55.0 Å². The second-order valence-electron chi connectivity index (χ2n) is 13.3. The molecule has 28 heteroatoms. The molecule has 3 heterocycles. The maximum atomic E-state index is 12.3. The van der Waals surface area contributed by atoms with Gasteiger partial charge in [-0.05, 0) is 39.4 Å². The molecule has 2 aromatic heterocycles. The Labute approximate surface area is 377 Å². The summed E-state index contributed by atoms with van der Waals surface area (Å²) in [6.07, 6.45) is 4.15. The lowest BCUT2D eigenvalue weighted by Crippen LogP contribution is -2.34. The number of alkyl carbamates (subject to hydrolysis) is 2. The highest BCUT2D eigenvalue weighted by Crippen LogP contribution is 2.51. The lowest BCUT2D eigenvalue weighted by molar-refractivity contribution is -0.0222. The number of nitrogens with zero attached hydrogens (tertiary/aromatic N) is 3. The lowest BCUT2D eigenvalue weighted by Gasteiger charge is -2.24. The fourth-order valence-electron chi connectivity index (χ4n) is 5.33. The Hall–Kier alpha value is -2.02. The van der Waals surface area contributed by atoms with Crippen molar-refractivity contribution in [3.63, 3.8) is 0 Å². The molecule has 5 atom stereocenters. The van der Waals surface area contributed by atoms with Gasteiger partial charge in [0.15, 0.2) is 0 Å². The molecule has 62 heavy (non-hydrogen) atoms. The molecule has 0 aromatic carbocycles. The molecule has 3 rings (SSSR count). The summed E-state index contributed by atoms with van der Waals surface area (Å²) in [6, 6.07) is -0.521. The van der Waals surface area contributed by atoms with Crippen molar-refractivity contribution in [2.24, 2.45) is 5.73 Å². The first-order valence-corrected chi connectivity index (χ1v) is 27.0. The topological polar surface area (TPSA) is 299 Å². The summed E-state index contributed by atoms with van der Waals surface area (Å²) < 4.78 is 72.5. The maximum absolute atomic E-state index is 12.3. The van der Waals surface area contributed by atoms with Crippen molar-refractivity contribution in [2.75, 3.05) is 103 Å². The number of carbonyl (C=O) groups excluding carboxylic acids is 2. The van der Waals surface area contributed by atoms with Crippen LogP contribution in [0.3, 0.4) is 0 Å². The molecule has 0 spiro atoms. The van der Waals surface area contributed by atoms with Crippen molar-refractivity contribution >= 4 is 88.3 Å². The third-order valence-corrected chi connectivity index (χ3v) is 14.7. The van der Waals surface area contributed by atoms with E-state index in [1.807, 2.05) is 6.26 Å². The van der Waals surface area contributed by atoms with E-state index in [1.165, 1.54) is 27.9 Å². The average Bonchev–Trinajstić information content (AvgIpc) is 3.80. The highest BCUT2D eigenvalue weighted by atomic mass is 33.1. The van der Waals surface area contributed by atoms with Crippen LogP contribution in [-0.2, 0) is 51.1 Å². The first-order chi connectivity index (χ1) is 29.8. The number of fused-ring (bicyclic) bond motifs is 1. The van der Waals surface area contributed by atoms with Crippen molar-refractivity contribution in [2.45, 2.75) is 56.1 Å². The molecule has 0 aliphatic carbocycles. The van der Waals surface area contributed by atoms with E-state index in [4.69, 9.17) is 54.0 Å². The van der Waals surface area contributed by atoms with Crippen LogP contribution in [0.15, 0.2) is 12.5 Å². The highest BCUT2D eigenvalue weighted by molar-refractivity contribution is 8.77. The monoisotopic (exact) mass is 993 g/mol. The lowest BCUT2D eigenvalue weighted by atomic mass is 10.1. The minimum absolute atomic E-state index is 0.0255. The zero-order valence-electron chi connectivity index (χ0n) is 34.7. The van der Waals surface area contributed by atoms with Crippen molar-refractivity contribution in [1.82, 2.24) is 25.2 Å². The number of ether oxygens (including phenoxy) is 7. The molecule has 3 unspecified atom stereocenters. The van der Waals surface area contributed by atoms with Crippen molar-refractivity contribution < 1.29 is 70.5 Å². The molecule has 352 valence electrons. The summed E-state index contributed by atoms with van der Waals surface area (Å²) in [6.45, 7) is 7.24. The van der Waals surface area contributed by atoms with Crippen molar-refractivity contribution in [3.8, 4) is 11.8 Å². The molecule has 0 saturated carbocycles. The van der Waals surface area contributed by atoms with Gasteiger partial charge in [-0.2, -0.15) is 0 Å². The molecule has 2 aromatic rings. The molecule has 1 saturated heterocycles. The number of rotatable bonds is 31. The summed E-state index contributed by atoms with van der Waals surface area (Å²) in [5.74, 6) is 6.79. The summed E-state index contributed by atoms with van der Waals surface area (Å²) in [4.78, 5) is 51.4. The largest absolute Gasteiger partial charge is 0.479 e. The number of aromatic nitrogens is 3. The Bertz CT molecular complexity index is 1800. The Morgan fingerprint density at radius 1 is 1.05 bits per heavy atom. The summed E-state index contributed by atoms with van der Waals surface area (Å²) >= 11 is 0. The number of amides is 2. The van der Waals surface area contributed by atoms with Crippen molar-refractivity contribution in [3.05, 3.63) is 18.1 Å². The van der Waals surface area contributed by atoms with Gasteiger partial charge < -0.3 is 69.6 Å². The van der Waals surface area contributed by atoms with Crippen LogP contribution in [0.1, 0.15) is 44.7 Å². The van der Waals surface area contributed by atoms with Crippen LogP contribution >= 0.6 is 59.3 Å². The zero-order chi connectivity index (χ0) is 45.2. The molecule has 2 amide bonds. The van der Waals surface area contributed by atoms with Gasteiger partial charge in [0.2, 0.25) is 0 Å². The van der Waals surface area contributed by atoms with Crippen molar-refractivity contribution in [1.29, 1.82) is 0 Å². The summed E-state index contributed by atoms with van der Waals surface area (Å²) in [5, 5.41) is 5.72. The normalized spacial score (nSPS) is 17.9. The van der Waals surface area contributed by atoms with Crippen LogP contribution in [0, 0.1) is 11.8 Å². The van der Waals surface area contributed by atoms with Crippen LogP contribution < -0.4 is 22.1 Å².